The van der Waals surface area contributed by atoms with Crippen LogP contribution in [0.4, 0.5) is 11.4 Å². The average molecular weight is 278 g/mol. The molecular weight excluding hydrogens is 260 g/mol. The van der Waals surface area contributed by atoms with E-state index in [1.54, 1.807) is 0 Å². The summed E-state index contributed by atoms with van der Waals surface area (Å²) < 4.78 is 0. The summed E-state index contributed by atoms with van der Waals surface area (Å²) in [4.78, 5) is 22.2. The molecule has 1 aliphatic rings. The third-order valence-electron chi connectivity index (χ3n) is 3.64. The zero-order valence-corrected chi connectivity index (χ0v) is 11.1. The number of nitrogens with one attached hydrogen (secondary N) is 2. The standard InChI is InChI=1S/C13H18N4O3/c14-16-11-7-10(5-6-12(11)17(19)20)13(18)15-8-9-3-1-2-4-9/h5-7,9,16H,1-4,8,14H2,(H,15,18). The van der Waals surface area contributed by atoms with E-state index in [1.165, 1.54) is 31.0 Å². The third kappa shape index (κ3) is 3.24. The van der Waals surface area contributed by atoms with Crippen LogP contribution in [-0.2, 0) is 0 Å². The lowest BCUT2D eigenvalue weighted by molar-refractivity contribution is -0.384. The van der Waals surface area contributed by atoms with Gasteiger partial charge < -0.3 is 10.7 Å². The number of nitrogen functional groups attached to an aromatic ring is 1. The number of nitrogens with zero attached hydrogens (tertiary/aromatic N) is 1. The van der Waals surface area contributed by atoms with Crippen molar-refractivity contribution in [2.45, 2.75) is 25.7 Å². The second-order valence-electron chi connectivity index (χ2n) is 4.99. The van der Waals surface area contributed by atoms with Gasteiger partial charge in [0.25, 0.3) is 11.6 Å². The first-order valence-electron chi connectivity index (χ1n) is 6.65. The largest absolute Gasteiger partial charge is 0.352 e. The van der Waals surface area contributed by atoms with Crippen LogP contribution < -0.4 is 16.6 Å². The molecule has 0 atom stereocenters. The molecule has 0 bridgehead atoms. The van der Waals surface area contributed by atoms with Crippen molar-refractivity contribution in [3.05, 3.63) is 33.9 Å². The Labute approximate surface area is 116 Å². The number of nitro benzene ring substituents is 1. The van der Waals surface area contributed by atoms with Crippen molar-refractivity contribution in [3.8, 4) is 0 Å². The first kappa shape index (κ1) is 14.3. The molecule has 1 saturated carbocycles. The molecule has 1 amide bonds. The second-order valence-corrected chi connectivity index (χ2v) is 4.99. The third-order valence-corrected chi connectivity index (χ3v) is 3.64. The molecule has 1 fully saturated rings. The summed E-state index contributed by atoms with van der Waals surface area (Å²) in [5.74, 6) is 5.56. The number of anilines is 1. The van der Waals surface area contributed by atoms with E-state index in [4.69, 9.17) is 5.84 Å². The zero-order valence-electron chi connectivity index (χ0n) is 11.1. The van der Waals surface area contributed by atoms with Gasteiger partial charge in [-0.1, -0.05) is 12.8 Å². The average Bonchev–Trinajstić information content (AvgIpc) is 2.97. The topological polar surface area (TPSA) is 110 Å². The molecule has 0 spiro atoms. The summed E-state index contributed by atoms with van der Waals surface area (Å²) in [5.41, 5.74) is 2.59. The number of rotatable bonds is 5. The van der Waals surface area contributed by atoms with E-state index in [0.29, 0.717) is 18.0 Å². The Morgan fingerprint density at radius 3 is 2.70 bits per heavy atom. The van der Waals surface area contributed by atoms with Crippen LogP contribution in [0.2, 0.25) is 0 Å². The van der Waals surface area contributed by atoms with Gasteiger partial charge in [-0.2, -0.15) is 0 Å². The molecule has 20 heavy (non-hydrogen) atoms. The molecule has 1 aromatic rings. The summed E-state index contributed by atoms with van der Waals surface area (Å²) in [5, 5.41) is 13.6. The highest BCUT2D eigenvalue weighted by molar-refractivity contribution is 5.95. The maximum atomic E-state index is 12.0. The van der Waals surface area contributed by atoms with E-state index in [-0.39, 0.29) is 17.3 Å². The summed E-state index contributed by atoms with van der Waals surface area (Å²) in [7, 11) is 0. The van der Waals surface area contributed by atoms with Crippen LogP contribution in [0.25, 0.3) is 0 Å². The fraction of sp³-hybridized carbons (Fsp3) is 0.462. The minimum absolute atomic E-state index is 0.128. The quantitative estimate of drug-likeness (QED) is 0.432. The zero-order chi connectivity index (χ0) is 14.5. The van der Waals surface area contributed by atoms with Gasteiger partial charge in [0.05, 0.1) is 4.92 Å². The predicted molar refractivity (Wildman–Crippen MR) is 75.2 cm³/mol. The number of amides is 1. The predicted octanol–water partition coefficient (Wildman–Crippen LogP) is 1.80. The van der Waals surface area contributed by atoms with Crippen LogP contribution in [0.3, 0.4) is 0 Å². The molecule has 0 heterocycles. The Balaban J connectivity index is 2.03. The molecule has 2 rings (SSSR count). The van der Waals surface area contributed by atoms with Crippen molar-refractivity contribution < 1.29 is 9.72 Å². The Hall–Kier alpha value is -2.15. The van der Waals surface area contributed by atoms with Gasteiger partial charge in [0.1, 0.15) is 5.69 Å². The van der Waals surface area contributed by atoms with E-state index in [0.717, 1.165) is 12.8 Å². The lowest BCUT2D eigenvalue weighted by atomic mass is 10.1. The number of nitro groups is 1. The molecule has 4 N–H and O–H groups in total. The fourth-order valence-corrected chi connectivity index (χ4v) is 2.51. The highest BCUT2D eigenvalue weighted by atomic mass is 16.6. The number of benzene rings is 1. The number of nitrogens with two attached hydrogens (primary N) is 1. The lowest BCUT2D eigenvalue weighted by Gasteiger charge is -2.11. The molecule has 1 aliphatic carbocycles. The molecule has 7 heteroatoms. The Kier molecular flexibility index (Phi) is 4.52. The van der Waals surface area contributed by atoms with Gasteiger partial charge in [-0.15, -0.1) is 0 Å². The van der Waals surface area contributed by atoms with E-state index in [2.05, 4.69) is 10.7 Å². The molecule has 0 aliphatic heterocycles. The summed E-state index contributed by atoms with van der Waals surface area (Å²) in [6.07, 6.45) is 4.74. The molecule has 108 valence electrons. The van der Waals surface area contributed by atoms with Crippen molar-refractivity contribution in [1.82, 2.24) is 5.32 Å². The highest BCUT2D eigenvalue weighted by Gasteiger charge is 2.18. The maximum Gasteiger partial charge on any atom is 0.293 e. The van der Waals surface area contributed by atoms with E-state index in [1.807, 2.05) is 0 Å². The molecule has 0 unspecified atom stereocenters. The molecule has 1 aromatic carbocycles. The van der Waals surface area contributed by atoms with Gasteiger partial charge in [0.15, 0.2) is 0 Å². The van der Waals surface area contributed by atoms with Crippen molar-refractivity contribution in [3.63, 3.8) is 0 Å². The van der Waals surface area contributed by atoms with Crippen molar-refractivity contribution in [1.29, 1.82) is 0 Å². The van der Waals surface area contributed by atoms with Crippen LogP contribution in [0.1, 0.15) is 36.0 Å². The normalized spacial score (nSPS) is 15.1. The highest BCUT2D eigenvalue weighted by Crippen LogP contribution is 2.25. The Bertz CT molecular complexity index is 512. The van der Waals surface area contributed by atoms with E-state index < -0.39 is 4.92 Å². The minimum Gasteiger partial charge on any atom is -0.352 e. The monoisotopic (exact) mass is 278 g/mol. The summed E-state index contributed by atoms with van der Waals surface area (Å²) in [6.45, 7) is 0.654. The molecular formula is C13H18N4O3. The summed E-state index contributed by atoms with van der Waals surface area (Å²) >= 11 is 0. The van der Waals surface area contributed by atoms with E-state index >= 15 is 0 Å². The first-order chi connectivity index (χ1) is 9.61. The number of carbonyl (C=O) groups is 1. The molecule has 0 saturated heterocycles. The minimum atomic E-state index is -0.546. The number of hydrogen-bond acceptors (Lipinski definition) is 5. The van der Waals surface area contributed by atoms with E-state index in [9.17, 15) is 14.9 Å². The van der Waals surface area contributed by atoms with Gasteiger partial charge in [-0.25, -0.2) is 0 Å². The summed E-state index contributed by atoms with van der Waals surface area (Å²) in [6, 6.07) is 4.10. The van der Waals surface area contributed by atoms with Crippen LogP contribution >= 0.6 is 0 Å². The van der Waals surface area contributed by atoms with Crippen molar-refractivity contribution >= 4 is 17.3 Å². The number of hydrogen-bond donors (Lipinski definition) is 3. The molecule has 0 radical (unpaired) electrons. The van der Waals surface area contributed by atoms with Crippen molar-refractivity contribution in [2.75, 3.05) is 12.0 Å². The van der Waals surface area contributed by atoms with Gasteiger partial charge in [-0.05, 0) is 30.9 Å². The number of carbonyl (C=O) groups excluding carboxylic acids is 1. The fourth-order valence-electron chi connectivity index (χ4n) is 2.51. The Morgan fingerprint density at radius 1 is 1.40 bits per heavy atom. The SMILES string of the molecule is NNc1cc(C(=O)NCC2CCCC2)ccc1[N+](=O)[O-]. The van der Waals surface area contributed by atoms with Gasteiger partial charge in [-0.3, -0.25) is 20.8 Å². The van der Waals surface area contributed by atoms with Crippen LogP contribution in [-0.4, -0.2) is 17.4 Å². The van der Waals surface area contributed by atoms with Gasteiger partial charge in [0.2, 0.25) is 0 Å². The first-order valence-corrected chi connectivity index (χ1v) is 6.65. The van der Waals surface area contributed by atoms with Crippen molar-refractivity contribution in [2.24, 2.45) is 11.8 Å². The molecule has 0 aromatic heterocycles. The Morgan fingerprint density at radius 2 is 2.10 bits per heavy atom. The van der Waals surface area contributed by atoms with Gasteiger partial charge in [0, 0.05) is 18.2 Å². The smallest absolute Gasteiger partial charge is 0.293 e. The maximum absolute atomic E-state index is 12.0. The lowest BCUT2D eigenvalue weighted by Crippen LogP contribution is -2.28. The second kappa shape index (κ2) is 6.33. The molecule has 7 nitrogen and oxygen atoms in total. The van der Waals surface area contributed by atoms with Crippen LogP contribution in [0.5, 0.6) is 0 Å². The van der Waals surface area contributed by atoms with Crippen LogP contribution in [0, 0.1) is 16.0 Å². The van der Waals surface area contributed by atoms with Crippen LogP contribution in [0.15, 0.2) is 18.2 Å². The number of hydrazine groups is 1. The van der Waals surface area contributed by atoms with Gasteiger partial charge >= 0.3 is 0 Å².